The molecule has 1 saturated carbocycles. The number of hydrogen-bond donors (Lipinski definition) is 1. The molecule has 0 aliphatic heterocycles. The Balaban J connectivity index is 1.26. The van der Waals surface area contributed by atoms with Crippen molar-refractivity contribution >= 4 is 11.8 Å². The summed E-state index contributed by atoms with van der Waals surface area (Å²) in [5, 5.41) is 0.938. The van der Waals surface area contributed by atoms with E-state index in [4.69, 9.17) is 15.7 Å². The largest absolute Gasteiger partial charge is 0.323 e. The van der Waals surface area contributed by atoms with Crippen LogP contribution in [0.25, 0.3) is 0 Å². The van der Waals surface area contributed by atoms with Gasteiger partial charge in [-0.25, -0.2) is 4.98 Å². The molecule has 2 aliphatic rings. The highest BCUT2D eigenvalue weighted by molar-refractivity contribution is 7.99. The summed E-state index contributed by atoms with van der Waals surface area (Å²) in [4.78, 5) is 15.0. The van der Waals surface area contributed by atoms with Gasteiger partial charge >= 0.3 is 0 Å². The second kappa shape index (κ2) is 7.78. The number of aromatic nitrogens is 3. The van der Waals surface area contributed by atoms with Gasteiger partial charge in [0.2, 0.25) is 0 Å². The van der Waals surface area contributed by atoms with Crippen molar-refractivity contribution in [3.8, 4) is 0 Å². The van der Waals surface area contributed by atoms with Crippen molar-refractivity contribution in [2.45, 2.75) is 67.8 Å². The minimum Gasteiger partial charge on any atom is -0.323 e. The highest BCUT2D eigenvalue weighted by Crippen LogP contribution is 2.55. The van der Waals surface area contributed by atoms with Crippen LogP contribution in [-0.4, -0.2) is 15.0 Å². The third kappa shape index (κ3) is 3.44. The second-order valence-corrected chi connectivity index (χ2v) is 9.95. The highest BCUT2D eigenvalue weighted by Gasteiger charge is 2.46. The van der Waals surface area contributed by atoms with Crippen LogP contribution in [0.2, 0.25) is 0 Å². The molecule has 4 nitrogen and oxygen atoms in total. The Hall–Kier alpha value is -2.24. The topological polar surface area (TPSA) is 64.7 Å². The van der Waals surface area contributed by atoms with Gasteiger partial charge in [-0.05, 0) is 74.1 Å². The van der Waals surface area contributed by atoms with Crippen LogP contribution in [0.1, 0.15) is 65.7 Å². The van der Waals surface area contributed by atoms with Crippen molar-refractivity contribution in [2.24, 2.45) is 11.1 Å². The molecule has 5 rings (SSSR count). The van der Waals surface area contributed by atoms with E-state index in [9.17, 15) is 0 Å². The van der Waals surface area contributed by atoms with Crippen LogP contribution in [0.15, 0.2) is 58.8 Å². The fourth-order valence-corrected chi connectivity index (χ4v) is 6.09. The van der Waals surface area contributed by atoms with E-state index < -0.39 is 0 Å². The Morgan fingerprint density at radius 2 is 1.80 bits per heavy atom. The Bertz CT molecular complexity index is 1050. The molecule has 1 fully saturated rings. The number of hydrogen-bond acceptors (Lipinski definition) is 5. The standard InChI is InChI=1S/C25H28N4S/c1-16-17(2)27-12-9-22(16)30-23-15-28-21(14-29-23)18-7-10-25(11-8-18)13-19-5-3-4-6-20(19)24(25)26/h3-6,9,12,14-15,18,24H,7-8,10-11,13,26H2,1-2H3. The lowest BCUT2D eigenvalue weighted by molar-refractivity contribution is 0.148. The molecule has 5 heteroatoms. The van der Waals surface area contributed by atoms with Crippen LogP contribution in [0.4, 0.5) is 0 Å². The second-order valence-electron chi connectivity index (χ2n) is 8.89. The van der Waals surface area contributed by atoms with Crippen LogP contribution >= 0.6 is 11.8 Å². The van der Waals surface area contributed by atoms with E-state index in [0.29, 0.717) is 5.92 Å². The van der Waals surface area contributed by atoms with Crippen LogP contribution in [-0.2, 0) is 6.42 Å². The number of nitrogens with two attached hydrogens (primary N) is 1. The molecule has 30 heavy (non-hydrogen) atoms. The summed E-state index contributed by atoms with van der Waals surface area (Å²) in [6.07, 6.45) is 11.5. The first-order chi connectivity index (χ1) is 14.6. The lowest BCUT2D eigenvalue weighted by Gasteiger charge is -2.40. The van der Waals surface area contributed by atoms with Crippen molar-refractivity contribution in [2.75, 3.05) is 0 Å². The van der Waals surface area contributed by atoms with Gasteiger partial charge in [-0.1, -0.05) is 36.0 Å². The predicted octanol–water partition coefficient (Wildman–Crippen LogP) is 5.54. The van der Waals surface area contributed by atoms with Gasteiger partial charge in [0, 0.05) is 28.7 Å². The zero-order valence-electron chi connectivity index (χ0n) is 17.6. The van der Waals surface area contributed by atoms with Crippen LogP contribution < -0.4 is 5.73 Å². The third-order valence-corrected chi connectivity index (χ3v) is 8.34. The van der Waals surface area contributed by atoms with Crippen molar-refractivity contribution in [3.63, 3.8) is 0 Å². The van der Waals surface area contributed by atoms with Gasteiger partial charge in [0.25, 0.3) is 0 Å². The van der Waals surface area contributed by atoms with Crippen LogP contribution in [0.5, 0.6) is 0 Å². The summed E-state index contributed by atoms with van der Waals surface area (Å²) in [6, 6.07) is 10.9. The molecule has 2 aliphatic carbocycles. The molecular formula is C25H28N4S. The van der Waals surface area contributed by atoms with Crippen molar-refractivity contribution in [1.82, 2.24) is 15.0 Å². The molecule has 154 valence electrons. The summed E-state index contributed by atoms with van der Waals surface area (Å²) in [5.74, 6) is 0.489. The zero-order chi connectivity index (χ0) is 20.7. The fourth-order valence-electron chi connectivity index (χ4n) is 5.22. The molecule has 2 heterocycles. The third-order valence-electron chi connectivity index (χ3n) is 7.26. The van der Waals surface area contributed by atoms with E-state index in [-0.39, 0.29) is 11.5 Å². The van der Waals surface area contributed by atoms with Gasteiger partial charge in [0.05, 0.1) is 18.1 Å². The Labute approximate surface area is 182 Å². The lowest BCUT2D eigenvalue weighted by atomic mass is 9.66. The van der Waals surface area contributed by atoms with E-state index >= 15 is 0 Å². The maximum absolute atomic E-state index is 6.72. The summed E-state index contributed by atoms with van der Waals surface area (Å²) >= 11 is 1.66. The first-order valence-corrected chi connectivity index (χ1v) is 11.6. The van der Waals surface area contributed by atoms with E-state index in [1.54, 1.807) is 11.8 Å². The predicted molar refractivity (Wildman–Crippen MR) is 121 cm³/mol. The Morgan fingerprint density at radius 1 is 1.00 bits per heavy atom. The molecule has 0 bridgehead atoms. The number of pyridine rings is 1. The number of aryl methyl sites for hydroxylation is 1. The molecule has 0 amide bonds. The van der Waals surface area contributed by atoms with Crippen molar-refractivity contribution in [3.05, 3.63) is 77.0 Å². The molecule has 1 atom stereocenters. The van der Waals surface area contributed by atoms with Gasteiger partial charge in [-0.3, -0.25) is 9.97 Å². The van der Waals surface area contributed by atoms with Gasteiger partial charge in [0.15, 0.2) is 0 Å². The van der Waals surface area contributed by atoms with Gasteiger partial charge < -0.3 is 5.73 Å². The van der Waals surface area contributed by atoms with Gasteiger partial charge in [0.1, 0.15) is 5.03 Å². The number of benzene rings is 1. The number of rotatable bonds is 3. The first kappa shape index (κ1) is 19.7. The Morgan fingerprint density at radius 3 is 2.53 bits per heavy atom. The summed E-state index contributed by atoms with van der Waals surface area (Å²) in [6.45, 7) is 4.15. The smallest absolute Gasteiger partial charge is 0.119 e. The molecule has 1 aromatic carbocycles. The average Bonchev–Trinajstić information content (AvgIpc) is 3.04. The summed E-state index contributed by atoms with van der Waals surface area (Å²) in [7, 11) is 0. The van der Waals surface area contributed by atoms with Crippen LogP contribution in [0, 0.1) is 19.3 Å². The normalized spacial score (nSPS) is 25.4. The maximum Gasteiger partial charge on any atom is 0.119 e. The zero-order valence-corrected chi connectivity index (χ0v) is 18.5. The average molecular weight is 417 g/mol. The number of nitrogens with zero attached hydrogens (tertiary/aromatic N) is 3. The van der Waals surface area contributed by atoms with E-state index in [1.165, 1.54) is 34.4 Å². The number of fused-ring (bicyclic) bond motifs is 1. The fraction of sp³-hybridized carbons (Fsp3) is 0.400. The molecular weight excluding hydrogens is 388 g/mol. The van der Waals surface area contributed by atoms with E-state index in [1.807, 2.05) is 31.6 Å². The minimum absolute atomic E-state index is 0.173. The van der Waals surface area contributed by atoms with Crippen molar-refractivity contribution in [1.29, 1.82) is 0 Å². The van der Waals surface area contributed by atoms with Gasteiger partial charge in [-0.2, -0.15) is 0 Å². The monoisotopic (exact) mass is 416 g/mol. The quantitative estimate of drug-likeness (QED) is 0.607. The maximum atomic E-state index is 6.72. The molecule has 2 aromatic heterocycles. The molecule has 2 N–H and O–H groups in total. The van der Waals surface area contributed by atoms with Crippen molar-refractivity contribution < 1.29 is 0 Å². The highest BCUT2D eigenvalue weighted by atomic mass is 32.2. The Kier molecular flexibility index (Phi) is 5.11. The lowest BCUT2D eigenvalue weighted by Crippen LogP contribution is -2.35. The minimum atomic E-state index is 0.173. The summed E-state index contributed by atoms with van der Waals surface area (Å²) in [5.41, 5.74) is 13.2. The molecule has 1 spiro atoms. The summed E-state index contributed by atoms with van der Waals surface area (Å²) < 4.78 is 0. The van der Waals surface area contributed by atoms with Crippen LogP contribution in [0.3, 0.4) is 0 Å². The SMILES string of the molecule is Cc1nccc(Sc2cnc(C3CCC4(CC3)Cc3ccccc3C4N)cn2)c1C. The molecule has 0 saturated heterocycles. The first-order valence-electron chi connectivity index (χ1n) is 10.8. The molecule has 3 aromatic rings. The van der Waals surface area contributed by atoms with E-state index in [0.717, 1.165) is 35.7 Å². The van der Waals surface area contributed by atoms with E-state index in [2.05, 4.69) is 36.2 Å². The van der Waals surface area contributed by atoms with Gasteiger partial charge in [-0.15, -0.1) is 0 Å². The molecule has 1 unspecified atom stereocenters. The molecule has 0 radical (unpaired) electrons.